The van der Waals surface area contributed by atoms with Gasteiger partial charge in [-0.25, -0.2) is 0 Å². The van der Waals surface area contributed by atoms with E-state index in [-0.39, 0.29) is 0 Å². The predicted molar refractivity (Wildman–Crippen MR) is 139 cm³/mol. The van der Waals surface area contributed by atoms with E-state index < -0.39 is 0 Å². The molecule has 0 saturated carbocycles. The van der Waals surface area contributed by atoms with Crippen LogP contribution in [0.3, 0.4) is 0 Å². The average molecular weight is 467 g/mol. The van der Waals surface area contributed by atoms with Gasteiger partial charge in [0.25, 0.3) is 0 Å². The summed E-state index contributed by atoms with van der Waals surface area (Å²) in [6, 6.07) is 34.9. The van der Waals surface area contributed by atoms with Crippen LogP contribution in [-0.2, 0) is 20.6 Å². The summed E-state index contributed by atoms with van der Waals surface area (Å²) >= 11 is 0. The molecule has 4 heteroatoms. The van der Waals surface area contributed by atoms with Crippen molar-refractivity contribution in [1.82, 2.24) is 0 Å². The van der Waals surface area contributed by atoms with Gasteiger partial charge in [0, 0.05) is 5.56 Å². The Hall–Kier alpha value is -3.44. The van der Waals surface area contributed by atoms with Crippen molar-refractivity contribution in [3.63, 3.8) is 0 Å². The number of hydrogen-bond acceptors (Lipinski definition) is 4. The minimum atomic E-state index is 0.312. The van der Waals surface area contributed by atoms with Gasteiger partial charge >= 0.3 is 0 Å². The zero-order valence-electron chi connectivity index (χ0n) is 19.7. The summed E-state index contributed by atoms with van der Waals surface area (Å²) in [5.74, 6) is 0.312. The van der Waals surface area contributed by atoms with E-state index >= 15 is 0 Å². The number of hydrogen-bond donors (Lipinski definition) is 1. The summed E-state index contributed by atoms with van der Waals surface area (Å²) in [5, 5.41) is 10.4. The van der Waals surface area contributed by atoms with Gasteiger partial charge in [-0.05, 0) is 46.4 Å². The predicted octanol–water partition coefficient (Wildman–Crippen LogP) is 6.12. The summed E-state index contributed by atoms with van der Waals surface area (Å²) in [7, 11) is 0. The van der Waals surface area contributed by atoms with Gasteiger partial charge in [0.15, 0.2) is 0 Å². The molecule has 0 spiro atoms. The van der Waals surface area contributed by atoms with Crippen molar-refractivity contribution in [2.45, 2.75) is 18.6 Å². The van der Waals surface area contributed by atoms with Crippen LogP contribution in [0.5, 0.6) is 5.75 Å². The molecular weight excluding hydrogens is 436 g/mol. The highest BCUT2D eigenvalue weighted by Crippen LogP contribution is 2.35. The van der Waals surface area contributed by atoms with Crippen LogP contribution in [0.25, 0.3) is 22.3 Å². The van der Waals surface area contributed by atoms with Crippen molar-refractivity contribution in [1.29, 1.82) is 0 Å². The molecule has 35 heavy (non-hydrogen) atoms. The topological polar surface area (TPSA) is 54.5 Å². The smallest absolute Gasteiger partial charge is 0.123 e. The molecule has 0 aromatic heterocycles. The first-order valence-corrected chi connectivity index (χ1v) is 12.1. The van der Waals surface area contributed by atoms with Crippen molar-refractivity contribution in [2.75, 3.05) is 26.4 Å². The summed E-state index contributed by atoms with van der Waals surface area (Å²) in [6.07, 6.45) is 1.62. The van der Waals surface area contributed by atoms with Crippen LogP contribution in [0.2, 0.25) is 0 Å². The Morgan fingerprint density at radius 3 is 1.89 bits per heavy atom. The third kappa shape index (κ3) is 6.80. The van der Waals surface area contributed by atoms with Gasteiger partial charge < -0.3 is 19.3 Å². The molecule has 0 radical (unpaired) electrons. The van der Waals surface area contributed by atoms with Gasteiger partial charge in [-0.2, -0.15) is 0 Å². The van der Waals surface area contributed by atoms with Crippen LogP contribution in [0.15, 0.2) is 103 Å². The molecule has 2 saturated heterocycles. The SMILES string of the molecule is C(OCC1CO1)C1CO1.Oc1ccccc1-c1cc(-c2ccccc2)ccc1Cc1ccccc1. The Labute approximate surface area is 206 Å². The molecule has 6 rings (SSSR count). The van der Waals surface area contributed by atoms with Gasteiger partial charge in [-0.1, -0.05) is 91.0 Å². The summed E-state index contributed by atoms with van der Waals surface area (Å²) in [5.41, 5.74) is 6.75. The Kier molecular flexibility index (Phi) is 7.54. The third-order valence-electron chi connectivity index (χ3n) is 6.06. The van der Waals surface area contributed by atoms with E-state index in [4.69, 9.17) is 14.2 Å². The van der Waals surface area contributed by atoms with Crippen LogP contribution >= 0.6 is 0 Å². The molecule has 4 aromatic rings. The molecule has 2 fully saturated rings. The minimum absolute atomic E-state index is 0.312. The van der Waals surface area contributed by atoms with Gasteiger partial charge in [-0.15, -0.1) is 0 Å². The van der Waals surface area contributed by atoms with Crippen molar-refractivity contribution in [3.05, 3.63) is 114 Å². The lowest BCUT2D eigenvalue weighted by Crippen LogP contribution is -2.06. The number of benzene rings is 4. The number of epoxide rings is 2. The Bertz CT molecular complexity index is 1200. The fourth-order valence-electron chi connectivity index (χ4n) is 3.97. The Morgan fingerprint density at radius 1 is 0.657 bits per heavy atom. The molecular formula is C31H30O4. The van der Waals surface area contributed by atoms with E-state index in [0.29, 0.717) is 18.0 Å². The van der Waals surface area contributed by atoms with Crippen molar-refractivity contribution in [3.8, 4) is 28.0 Å². The highest BCUT2D eigenvalue weighted by molar-refractivity contribution is 5.79. The summed E-state index contributed by atoms with van der Waals surface area (Å²) in [6.45, 7) is 3.26. The van der Waals surface area contributed by atoms with E-state index in [1.165, 1.54) is 16.7 Å². The number of para-hydroxylation sites is 1. The first kappa shape index (κ1) is 23.3. The standard InChI is InChI=1S/C25H20O.C6H10O3/c26-25-14-8-7-13-23(25)24-18-21(20-11-5-2-6-12-20)15-16-22(24)17-19-9-3-1-4-10-19;1(5-3-8-5)7-2-6-4-9-6/h1-16,18,26H,17H2;5-6H,1-4H2. The van der Waals surface area contributed by atoms with E-state index in [9.17, 15) is 5.11 Å². The first-order valence-electron chi connectivity index (χ1n) is 12.1. The summed E-state index contributed by atoms with van der Waals surface area (Å²) in [4.78, 5) is 0. The monoisotopic (exact) mass is 466 g/mol. The molecule has 1 N–H and O–H groups in total. The van der Waals surface area contributed by atoms with Crippen LogP contribution < -0.4 is 0 Å². The van der Waals surface area contributed by atoms with Crippen molar-refractivity contribution < 1.29 is 19.3 Å². The molecule has 2 unspecified atom stereocenters. The Balaban J connectivity index is 0.000000234. The lowest BCUT2D eigenvalue weighted by Gasteiger charge is -2.14. The van der Waals surface area contributed by atoms with E-state index in [1.807, 2.05) is 42.5 Å². The maximum absolute atomic E-state index is 10.4. The number of ether oxygens (including phenoxy) is 3. The first-order chi connectivity index (χ1) is 17.3. The fourth-order valence-corrected chi connectivity index (χ4v) is 3.97. The number of rotatable bonds is 8. The van der Waals surface area contributed by atoms with Gasteiger partial charge in [0.2, 0.25) is 0 Å². The number of aromatic hydroxyl groups is 1. The highest BCUT2D eigenvalue weighted by Gasteiger charge is 2.26. The highest BCUT2D eigenvalue weighted by atomic mass is 16.6. The second-order valence-electron chi connectivity index (χ2n) is 8.87. The van der Waals surface area contributed by atoms with Crippen molar-refractivity contribution in [2.24, 2.45) is 0 Å². The average Bonchev–Trinajstić information content (AvgIpc) is 3.83. The molecule has 178 valence electrons. The fraction of sp³-hybridized carbons (Fsp3) is 0.226. The maximum Gasteiger partial charge on any atom is 0.123 e. The van der Waals surface area contributed by atoms with Crippen molar-refractivity contribution >= 4 is 0 Å². The molecule has 2 atom stereocenters. The lowest BCUT2D eigenvalue weighted by molar-refractivity contribution is 0.102. The molecule has 2 aliphatic rings. The molecule has 4 nitrogen and oxygen atoms in total. The zero-order valence-corrected chi connectivity index (χ0v) is 19.7. The molecule has 0 bridgehead atoms. The lowest BCUT2D eigenvalue weighted by atomic mass is 9.91. The molecule has 0 aliphatic carbocycles. The van der Waals surface area contributed by atoms with E-state index in [0.717, 1.165) is 49.5 Å². The second kappa shape index (κ2) is 11.3. The minimum Gasteiger partial charge on any atom is -0.507 e. The van der Waals surface area contributed by atoms with Crippen LogP contribution in [0.1, 0.15) is 11.1 Å². The van der Waals surface area contributed by atoms with Crippen LogP contribution in [0.4, 0.5) is 0 Å². The molecule has 2 aliphatic heterocycles. The zero-order chi connectivity index (χ0) is 23.9. The largest absolute Gasteiger partial charge is 0.507 e. The van der Waals surface area contributed by atoms with Gasteiger partial charge in [0.1, 0.15) is 18.0 Å². The van der Waals surface area contributed by atoms with Gasteiger partial charge in [-0.3, -0.25) is 0 Å². The molecule has 4 aromatic carbocycles. The molecule has 0 amide bonds. The maximum atomic E-state index is 10.4. The van der Waals surface area contributed by atoms with Gasteiger partial charge in [0.05, 0.1) is 26.4 Å². The molecule has 2 heterocycles. The third-order valence-corrected chi connectivity index (χ3v) is 6.06. The van der Waals surface area contributed by atoms with E-state index in [1.54, 1.807) is 6.07 Å². The summed E-state index contributed by atoms with van der Waals surface area (Å²) < 4.78 is 15.1. The van der Waals surface area contributed by atoms with Crippen LogP contribution in [0, 0.1) is 0 Å². The second-order valence-corrected chi connectivity index (χ2v) is 8.87. The quantitative estimate of drug-likeness (QED) is 0.318. The number of phenols is 1. The number of phenolic OH excluding ortho intramolecular Hbond substituents is 1. The van der Waals surface area contributed by atoms with Crippen LogP contribution in [-0.4, -0.2) is 43.7 Å². The normalized spacial score (nSPS) is 17.8. The van der Waals surface area contributed by atoms with E-state index in [2.05, 4.69) is 54.6 Å². The Morgan fingerprint density at radius 2 is 1.26 bits per heavy atom.